The molecule has 0 spiro atoms. The number of carbonyl (C=O) groups is 1. The Morgan fingerprint density at radius 2 is 1.65 bits per heavy atom. The number of rotatable bonds is 2. The minimum absolute atomic E-state index is 0.137. The van der Waals surface area contributed by atoms with Gasteiger partial charge in [0.15, 0.2) is 0 Å². The number of amides is 1. The van der Waals surface area contributed by atoms with E-state index in [9.17, 15) is 4.79 Å². The van der Waals surface area contributed by atoms with Gasteiger partial charge in [0.05, 0.1) is 0 Å². The summed E-state index contributed by atoms with van der Waals surface area (Å²) in [7, 11) is 1.69. The van der Waals surface area contributed by atoms with E-state index in [1.165, 1.54) is 11.0 Å². The summed E-state index contributed by atoms with van der Waals surface area (Å²) in [5.41, 5.74) is 0.800. The highest BCUT2D eigenvalue weighted by atomic mass is 35.5. The quantitative estimate of drug-likeness (QED) is 0.568. The Kier molecular flexibility index (Phi) is 11.5. The zero-order chi connectivity index (χ0) is 13.8. The average molecular weight is 254 g/mol. The zero-order valence-electron chi connectivity index (χ0n) is 10.7. The number of nitrogens with zero attached hydrogens (tertiary/aromatic N) is 1. The predicted molar refractivity (Wildman–Crippen MR) is 77.7 cm³/mol. The Hall–Kier alpha value is -1.54. The molecule has 2 nitrogen and oxygen atoms in total. The number of hydrogen-bond donors (Lipinski definition) is 0. The molecule has 0 aromatic heterocycles. The molecule has 0 fully saturated rings. The molecule has 0 bridgehead atoms. The lowest BCUT2D eigenvalue weighted by Crippen LogP contribution is -2.23. The van der Waals surface area contributed by atoms with Crippen molar-refractivity contribution in [3.63, 3.8) is 0 Å². The van der Waals surface area contributed by atoms with Crippen LogP contribution in [0.25, 0.3) is 0 Å². The molecular formula is C14H20ClNO. The van der Waals surface area contributed by atoms with Crippen molar-refractivity contribution in [2.75, 3.05) is 11.9 Å². The Morgan fingerprint density at radius 1 is 1.24 bits per heavy atom. The molecule has 17 heavy (non-hydrogen) atoms. The molecule has 0 N–H and O–H groups in total. The molecule has 94 valence electrons. The number of carbonyl (C=O) groups excluding carboxylic acids is 1. The van der Waals surface area contributed by atoms with E-state index < -0.39 is 0 Å². The highest BCUT2D eigenvalue weighted by molar-refractivity contribution is 6.30. The monoisotopic (exact) mass is 253 g/mol. The van der Waals surface area contributed by atoms with Crippen LogP contribution in [-0.2, 0) is 4.79 Å². The van der Waals surface area contributed by atoms with Crippen molar-refractivity contribution in [1.29, 1.82) is 0 Å². The van der Waals surface area contributed by atoms with Gasteiger partial charge in [0, 0.05) is 17.8 Å². The van der Waals surface area contributed by atoms with E-state index in [0.717, 1.165) is 5.69 Å². The molecule has 1 aromatic rings. The van der Waals surface area contributed by atoms with Crippen LogP contribution in [0.5, 0.6) is 0 Å². The van der Waals surface area contributed by atoms with Gasteiger partial charge >= 0.3 is 0 Å². The maximum Gasteiger partial charge on any atom is 0.250 e. The minimum Gasteiger partial charge on any atom is -0.312 e. The minimum atomic E-state index is -0.137. The lowest BCUT2D eigenvalue weighted by atomic mass is 10.3. The van der Waals surface area contributed by atoms with Crippen LogP contribution in [0, 0.1) is 0 Å². The summed E-state index contributed by atoms with van der Waals surface area (Å²) >= 11 is 5.71. The van der Waals surface area contributed by atoms with Crippen molar-refractivity contribution >= 4 is 23.2 Å². The number of hydrogen-bond acceptors (Lipinski definition) is 1. The van der Waals surface area contributed by atoms with Crippen LogP contribution in [0.2, 0.25) is 5.02 Å². The van der Waals surface area contributed by atoms with Crippen LogP contribution in [-0.4, -0.2) is 13.0 Å². The van der Waals surface area contributed by atoms with Crippen LogP contribution >= 0.6 is 11.6 Å². The van der Waals surface area contributed by atoms with Crippen molar-refractivity contribution < 1.29 is 4.79 Å². The number of halogens is 1. The molecule has 0 saturated heterocycles. The van der Waals surface area contributed by atoms with E-state index >= 15 is 0 Å². The molecule has 1 aromatic carbocycles. The van der Waals surface area contributed by atoms with E-state index in [1.54, 1.807) is 31.3 Å². The molecule has 3 heteroatoms. The molecular weight excluding hydrogens is 234 g/mol. The average Bonchev–Trinajstić information content (AvgIpc) is 2.42. The SMILES string of the molecule is C=C.C=CC(=O)N(C)c1ccc(Cl)cc1.CC. The number of likely N-dealkylation sites (N-methyl/N-ethyl adjacent to an activating group) is 1. The van der Waals surface area contributed by atoms with Crippen LogP contribution in [0.1, 0.15) is 13.8 Å². The molecule has 0 unspecified atom stereocenters. The topological polar surface area (TPSA) is 20.3 Å². The molecule has 0 heterocycles. The van der Waals surface area contributed by atoms with Gasteiger partial charge in [-0.05, 0) is 30.3 Å². The fourth-order valence-corrected chi connectivity index (χ4v) is 1.05. The Morgan fingerprint density at radius 3 is 2.00 bits per heavy atom. The van der Waals surface area contributed by atoms with Crippen molar-refractivity contribution in [3.05, 3.63) is 55.1 Å². The normalized spacial score (nSPS) is 7.76. The van der Waals surface area contributed by atoms with Crippen LogP contribution < -0.4 is 4.90 Å². The second-order valence-electron chi connectivity index (χ2n) is 2.58. The smallest absolute Gasteiger partial charge is 0.250 e. The van der Waals surface area contributed by atoms with Gasteiger partial charge in [0.25, 0.3) is 0 Å². The molecule has 0 aliphatic heterocycles. The molecule has 0 radical (unpaired) electrons. The Labute approximate surface area is 109 Å². The van der Waals surface area contributed by atoms with Crippen molar-refractivity contribution in [3.8, 4) is 0 Å². The van der Waals surface area contributed by atoms with E-state index in [4.69, 9.17) is 11.6 Å². The van der Waals surface area contributed by atoms with Crippen LogP contribution in [0.15, 0.2) is 50.1 Å². The third-order valence-electron chi connectivity index (χ3n) is 1.72. The molecule has 1 amide bonds. The van der Waals surface area contributed by atoms with E-state index in [1.807, 2.05) is 13.8 Å². The van der Waals surface area contributed by atoms with Crippen LogP contribution in [0.3, 0.4) is 0 Å². The molecule has 1 rings (SSSR count). The number of anilines is 1. The fourth-order valence-electron chi connectivity index (χ4n) is 0.929. The summed E-state index contributed by atoms with van der Waals surface area (Å²) < 4.78 is 0. The first-order valence-corrected chi connectivity index (χ1v) is 5.68. The molecule has 0 atom stereocenters. The van der Waals surface area contributed by atoms with Crippen molar-refractivity contribution in [1.82, 2.24) is 0 Å². The van der Waals surface area contributed by atoms with Gasteiger partial charge in [-0.1, -0.05) is 32.0 Å². The zero-order valence-corrected chi connectivity index (χ0v) is 11.5. The van der Waals surface area contributed by atoms with Crippen molar-refractivity contribution in [2.45, 2.75) is 13.8 Å². The van der Waals surface area contributed by atoms with Gasteiger partial charge < -0.3 is 4.90 Å². The molecule has 0 saturated carbocycles. The summed E-state index contributed by atoms with van der Waals surface area (Å²) in [5.74, 6) is -0.137. The van der Waals surface area contributed by atoms with Crippen LogP contribution in [0.4, 0.5) is 5.69 Å². The third kappa shape index (κ3) is 6.59. The summed E-state index contributed by atoms with van der Waals surface area (Å²) in [6.07, 6.45) is 1.27. The maximum absolute atomic E-state index is 11.2. The van der Waals surface area contributed by atoms with Gasteiger partial charge in [-0.3, -0.25) is 4.79 Å². The summed E-state index contributed by atoms with van der Waals surface area (Å²) in [4.78, 5) is 12.7. The highest BCUT2D eigenvalue weighted by Gasteiger charge is 2.05. The fraction of sp³-hybridized carbons (Fsp3) is 0.214. The first kappa shape index (κ1) is 17.8. The lowest BCUT2D eigenvalue weighted by Gasteiger charge is -2.14. The van der Waals surface area contributed by atoms with Gasteiger partial charge in [-0.25, -0.2) is 0 Å². The molecule has 0 aliphatic carbocycles. The van der Waals surface area contributed by atoms with Gasteiger partial charge in [0.2, 0.25) is 5.91 Å². The van der Waals surface area contributed by atoms with E-state index in [-0.39, 0.29) is 5.91 Å². The van der Waals surface area contributed by atoms with Gasteiger partial charge in [-0.2, -0.15) is 0 Å². The Balaban J connectivity index is 0. The molecule has 0 aliphatic rings. The van der Waals surface area contributed by atoms with E-state index in [2.05, 4.69) is 19.7 Å². The number of benzene rings is 1. The maximum atomic E-state index is 11.2. The standard InChI is InChI=1S/C10H10ClNO.C2H6.C2H4/c1-3-10(13)12(2)9-6-4-8(11)5-7-9;2*1-2/h3-7H,1H2,2H3;1-2H3;1-2H2. The first-order chi connectivity index (χ1) is 8.15. The van der Waals surface area contributed by atoms with Gasteiger partial charge in [-0.15, -0.1) is 13.2 Å². The first-order valence-electron chi connectivity index (χ1n) is 5.31. The summed E-state index contributed by atoms with van der Waals surface area (Å²) in [6.45, 7) is 13.4. The summed E-state index contributed by atoms with van der Waals surface area (Å²) in [6, 6.07) is 7.04. The van der Waals surface area contributed by atoms with Crippen molar-refractivity contribution in [2.24, 2.45) is 0 Å². The second kappa shape index (κ2) is 11.0. The summed E-state index contributed by atoms with van der Waals surface area (Å²) in [5, 5.41) is 0.656. The predicted octanol–water partition coefficient (Wildman–Crippen LogP) is 4.32. The third-order valence-corrected chi connectivity index (χ3v) is 1.97. The van der Waals surface area contributed by atoms with Gasteiger partial charge in [0.1, 0.15) is 0 Å². The lowest BCUT2D eigenvalue weighted by molar-refractivity contribution is -0.113. The Bertz CT molecular complexity index is 333. The second-order valence-corrected chi connectivity index (χ2v) is 3.01. The van der Waals surface area contributed by atoms with E-state index in [0.29, 0.717) is 5.02 Å². The largest absolute Gasteiger partial charge is 0.312 e. The highest BCUT2D eigenvalue weighted by Crippen LogP contribution is 2.16.